The molecule has 0 aliphatic rings. The third kappa shape index (κ3) is 2.74. The molecule has 0 saturated carbocycles. The quantitative estimate of drug-likeness (QED) is 0.575. The number of anilines is 1. The van der Waals surface area contributed by atoms with Crippen LogP contribution < -0.4 is 14.8 Å². The average Bonchev–Trinajstić information content (AvgIpc) is 2.29. The van der Waals surface area contributed by atoms with Crippen molar-refractivity contribution in [3.8, 4) is 24.0 Å². The minimum absolute atomic E-state index is 0.395. The Morgan fingerprint density at radius 2 is 2.33 bits per heavy atom. The summed E-state index contributed by atoms with van der Waals surface area (Å²) in [6.45, 7) is 0.410. The number of terminal acetylenes is 1. The summed E-state index contributed by atoms with van der Waals surface area (Å²) in [4.78, 5) is 7.95. The van der Waals surface area contributed by atoms with Crippen molar-refractivity contribution in [2.75, 3.05) is 26.1 Å². The molecule has 0 atom stereocenters. The van der Waals surface area contributed by atoms with Crippen molar-refractivity contribution in [2.24, 2.45) is 0 Å². The summed E-state index contributed by atoms with van der Waals surface area (Å²) in [5, 5.41) is 2.88. The maximum Gasteiger partial charge on any atom is 0.262 e. The van der Waals surface area contributed by atoms with Crippen LogP contribution in [0.3, 0.4) is 0 Å². The van der Waals surface area contributed by atoms with E-state index in [1.165, 1.54) is 13.4 Å². The zero-order valence-corrected chi connectivity index (χ0v) is 8.78. The fraction of sp³-hybridized carbons (Fsp3) is 0.400. The highest BCUT2D eigenvalue weighted by atomic mass is 16.5. The van der Waals surface area contributed by atoms with Gasteiger partial charge in [-0.2, -0.15) is 4.98 Å². The minimum Gasteiger partial charge on any atom is -0.489 e. The van der Waals surface area contributed by atoms with Crippen molar-refractivity contribution in [1.29, 1.82) is 0 Å². The predicted molar refractivity (Wildman–Crippen MR) is 57.1 cm³/mol. The Morgan fingerprint density at radius 3 is 2.93 bits per heavy atom. The van der Waals surface area contributed by atoms with E-state index in [4.69, 9.17) is 15.9 Å². The fourth-order valence-electron chi connectivity index (χ4n) is 1.03. The molecule has 5 heteroatoms. The standard InChI is InChI=1S/C10H13N3O2/c1-4-5-6-15-10-8(14-3)9(11-2)12-7-13-10/h1,7H,5-6H2,2-3H3,(H,11,12,13). The van der Waals surface area contributed by atoms with Gasteiger partial charge in [-0.3, -0.25) is 0 Å². The van der Waals surface area contributed by atoms with Gasteiger partial charge in [0.15, 0.2) is 5.82 Å². The van der Waals surface area contributed by atoms with Crippen LogP contribution in [-0.4, -0.2) is 30.7 Å². The van der Waals surface area contributed by atoms with Crippen molar-refractivity contribution in [3.63, 3.8) is 0 Å². The van der Waals surface area contributed by atoms with Crippen LogP contribution >= 0.6 is 0 Å². The first-order valence-corrected chi connectivity index (χ1v) is 4.46. The molecule has 80 valence electrons. The molecule has 15 heavy (non-hydrogen) atoms. The lowest BCUT2D eigenvalue weighted by Gasteiger charge is -2.10. The number of aromatic nitrogens is 2. The van der Waals surface area contributed by atoms with Gasteiger partial charge in [-0.1, -0.05) is 0 Å². The van der Waals surface area contributed by atoms with Crippen LogP contribution in [0.25, 0.3) is 0 Å². The van der Waals surface area contributed by atoms with Crippen molar-refractivity contribution >= 4 is 5.82 Å². The molecule has 0 radical (unpaired) electrons. The van der Waals surface area contributed by atoms with E-state index in [0.29, 0.717) is 30.5 Å². The molecule has 0 fully saturated rings. The van der Waals surface area contributed by atoms with Gasteiger partial charge < -0.3 is 14.8 Å². The highest BCUT2D eigenvalue weighted by Crippen LogP contribution is 2.30. The van der Waals surface area contributed by atoms with Crippen LogP contribution in [0, 0.1) is 12.3 Å². The topological polar surface area (TPSA) is 56.3 Å². The highest BCUT2D eigenvalue weighted by molar-refractivity contribution is 5.54. The van der Waals surface area contributed by atoms with Gasteiger partial charge in [0.2, 0.25) is 5.75 Å². The highest BCUT2D eigenvalue weighted by Gasteiger charge is 2.11. The van der Waals surface area contributed by atoms with Gasteiger partial charge in [0.25, 0.3) is 5.88 Å². The number of nitrogens with one attached hydrogen (secondary N) is 1. The maximum absolute atomic E-state index is 5.35. The average molecular weight is 207 g/mol. The van der Waals surface area contributed by atoms with Gasteiger partial charge in [-0.15, -0.1) is 12.3 Å². The van der Waals surface area contributed by atoms with E-state index in [1.54, 1.807) is 7.05 Å². The van der Waals surface area contributed by atoms with Crippen LogP contribution in [0.2, 0.25) is 0 Å². The summed E-state index contributed by atoms with van der Waals surface area (Å²) in [5.74, 6) is 3.94. The molecule has 0 aliphatic heterocycles. The maximum atomic E-state index is 5.35. The zero-order chi connectivity index (χ0) is 11.1. The first-order valence-electron chi connectivity index (χ1n) is 4.46. The molecule has 0 aliphatic carbocycles. The Morgan fingerprint density at radius 1 is 1.53 bits per heavy atom. The molecule has 1 N–H and O–H groups in total. The number of methoxy groups -OCH3 is 1. The Bertz CT molecular complexity index is 360. The monoisotopic (exact) mass is 207 g/mol. The summed E-state index contributed by atoms with van der Waals surface area (Å²) in [7, 11) is 3.28. The molecule has 0 aromatic carbocycles. The Kier molecular flexibility index (Phi) is 4.23. The molecule has 1 aromatic rings. The van der Waals surface area contributed by atoms with E-state index < -0.39 is 0 Å². The summed E-state index contributed by atoms with van der Waals surface area (Å²) in [5.41, 5.74) is 0. The normalized spacial score (nSPS) is 9.13. The molecular weight excluding hydrogens is 194 g/mol. The molecule has 0 bridgehead atoms. The van der Waals surface area contributed by atoms with E-state index in [-0.39, 0.29) is 0 Å². The molecule has 5 nitrogen and oxygen atoms in total. The van der Waals surface area contributed by atoms with E-state index in [9.17, 15) is 0 Å². The molecule has 0 saturated heterocycles. The molecule has 1 rings (SSSR count). The first-order chi connectivity index (χ1) is 7.33. The fourth-order valence-corrected chi connectivity index (χ4v) is 1.03. The summed E-state index contributed by atoms with van der Waals surface area (Å²) in [6, 6.07) is 0. The van der Waals surface area contributed by atoms with Crippen molar-refractivity contribution in [3.05, 3.63) is 6.33 Å². The largest absolute Gasteiger partial charge is 0.489 e. The third-order valence-corrected chi connectivity index (χ3v) is 1.70. The van der Waals surface area contributed by atoms with Crippen LogP contribution in [-0.2, 0) is 0 Å². The molecule has 0 unspecified atom stereocenters. The third-order valence-electron chi connectivity index (χ3n) is 1.70. The minimum atomic E-state index is 0.395. The lowest BCUT2D eigenvalue weighted by molar-refractivity contribution is 0.289. The van der Waals surface area contributed by atoms with Crippen LogP contribution in [0.5, 0.6) is 11.6 Å². The van der Waals surface area contributed by atoms with E-state index in [0.717, 1.165) is 0 Å². The number of nitrogens with zero attached hydrogens (tertiary/aromatic N) is 2. The predicted octanol–water partition coefficient (Wildman–Crippen LogP) is 0.929. The zero-order valence-electron chi connectivity index (χ0n) is 8.78. The lowest BCUT2D eigenvalue weighted by atomic mass is 10.4. The van der Waals surface area contributed by atoms with Gasteiger partial charge in [0.1, 0.15) is 12.9 Å². The smallest absolute Gasteiger partial charge is 0.262 e. The summed E-state index contributed by atoms with van der Waals surface area (Å²) in [6.07, 6.45) is 7.05. The first kappa shape index (κ1) is 11.1. The van der Waals surface area contributed by atoms with Gasteiger partial charge in [0, 0.05) is 13.5 Å². The molecule has 0 spiro atoms. The van der Waals surface area contributed by atoms with Gasteiger partial charge in [-0.05, 0) is 0 Å². The summed E-state index contributed by atoms with van der Waals surface area (Å²) >= 11 is 0. The van der Waals surface area contributed by atoms with Crippen molar-refractivity contribution in [1.82, 2.24) is 9.97 Å². The number of hydrogen-bond acceptors (Lipinski definition) is 5. The van der Waals surface area contributed by atoms with Crippen LogP contribution in [0.15, 0.2) is 6.33 Å². The van der Waals surface area contributed by atoms with Crippen molar-refractivity contribution in [2.45, 2.75) is 6.42 Å². The molecule has 1 heterocycles. The second-order valence-corrected chi connectivity index (χ2v) is 2.61. The summed E-state index contributed by atoms with van der Waals surface area (Å²) < 4.78 is 10.5. The van der Waals surface area contributed by atoms with Crippen LogP contribution in [0.4, 0.5) is 5.82 Å². The Hall–Kier alpha value is -1.96. The van der Waals surface area contributed by atoms with Gasteiger partial charge in [0.05, 0.1) is 7.11 Å². The molecular formula is C10H13N3O2. The van der Waals surface area contributed by atoms with Gasteiger partial charge >= 0.3 is 0 Å². The molecule has 0 amide bonds. The number of rotatable bonds is 5. The van der Waals surface area contributed by atoms with E-state index in [1.807, 2.05) is 0 Å². The van der Waals surface area contributed by atoms with E-state index >= 15 is 0 Å². The van der Waals surface area contributed by atoms with E-state index in [2.05, 4.69) is 21.2 Å². The second kappa shape index (κ2) is 5.70. The SMILES string of the molecule is C#CCCOc1ncnc(NC)c1OC. The number of hydrogen-bond donors (Lipinski definition) is 1. The Balaban J connectivity index is 2.82. The van der Waals surface area contributed by atoms with Crippen molar-refractivity contribution < 1.29 is 9.47 Å². The lowest BCUT2D eigenvalue weighted by Crippen LogP contribution is -2.04. The van der Waals surface area contributed by atoms with Crippen LogP contribution in [0.1, 0.15) is 6.42 Å². The molecule has 1 aromatic heterocycles. The Labute approximate surface area is 88.8 Å². The van der Waals surface area contributed by atoms with Gasteiger partial charge in [-0.25, -0.2) is 4.98 Å². The second-order valence-electron chi connectivity index (χ2n) is 2.61. The number of ether oxygens (including phenoxy) is 2.